The van der Waals surface area contributed by atoms with Gasteiger partial charge in [0.2, 0.25) is 11.8 Å². The fraction of sp³-hybridized carbons (Fsp3) is 0.600. The molecule has 1 saturated heterocycles. The maximum Gasteiger partial charge on any atom is 0.245 e. The van der Waals surface area contributed by atoms with Crippen molar-refractivity contribution in [2.75, 3.05) is 13.1 Å². The first-order chi connectivity index (χ1) is 6.50. The molecule has 0 aromatic rings. The molecule has 4 nitrogen and oxygen atoms in total. The molecule has 1 rings (SSSR count). The summed E-state index contributed by atoms with van der Waals surface area (Å²) in [5.41, 5.74) is -0.741. The second-order valence-electron chi connectivity index (χ2n) is 3.82. The van der Waals surface area contributed by atoms with Crippen LogP contribution in [0.25, 0.3) is 0 Å². The Morgan fingerprint density at radius 3 is 2.71 bits per heavy atom. The predicted octanol–water partition coefficient (Wildman–Crippen LogP) is 0.299. The summed E-state index contributed by atoms with van der Waals surface area (Å²) in [6.07, 6.45) is 3.74. The van der Waals surface area contributed by atoms with Gasteiger partial charge in [-0.3, -0.25) is 9.59 Å². The zero-order valence-corrected chi connectivity index (χ0v) is 8.83. The van der Waals surface area contributed by atoms with E-state index in [4.69, 9.17) is 0 Å². The fourth-order valence-electron chi connectivity index (χ4n) is 1.44. The second-order valence-corrected chi connectivity index (χ2v) is 3.82. The van der Waals surface area contributed by atoms with E-state index in [1.54, 1.807) is 18.7 Å². The lowest BCUT2D eigenvalue weighted by atomic mass is 9.99. The van der Waals surface area contributed by atoms with Gasteiger partial charge >= 0.3 is 0 Å². The quantitative estimate of drug-likeness (QED) is 0.646. The molecular weight excluding hydrogens is 180 g/mol. The third-order valence-electron chi connectivity index (χ3n) is 2.46. The second kappa shape index (κ2) is 3.82. The van der Waals surface area contributed by atoms with E-state index in [0.29, 0.717) is 6.54 Å². The van der Waals surface area contributed by atoms with Crippen LogP contribution in [0.15, 0.2) is 12.2 Å². The van der Waals surface area contributed by atoms with Crippen LogP contribution in [-0.2, 0) is 9.59 Å². The van der Waals surface area contributed by atoms with Crippen LogP contribution in [0.1, 0.15) is 20.8 Å². The summed E-state index contributed by atoms with van der Waals surface area (Å²) in [5.74, 6) is -0.130. The standard InChI is InChI=1S/C10H16N2O2/c1-4-5-6-12-8(13)7-11-9(14)10(12,2)3/h4-5H,6-7H2,1-3H3,(H,11,14)/b5-4+. The molecule has 1 heterocycles. The molecule has 0 aromatic heterocycles. The topological polar surface area (TPSA) is 49.4 Å². The molecule has 4 heteroatoms. The van der Waals surface area contributed by atoms with Gasteiger partial charge in [-0.1, -0.05) is 12.2 Å². The Bertz CT molecular complexity index is 282. The number of hydrogen-bond donors (Lipinski definition) is 1. The third-order valence-corrected chi connectivity index (χ3v) is 2.46. The Kier molecular flexibility index (Phi) is 2.93. The van der Waals surface area contributed by atoms with Crippen LogP contribution < -0.4 is 5.32 Å². The molecule has 78 valence electrons. The molecule has 0 aromatic carbocycles. The lowest BCUT2D eigenvalue weighted by Crippen LogP contribution is -2.64. The average Bonchev–Trinajstić information content (AvgIpc) is 2.12. The number of allylic oxidation sites excluding steroid dienone is 1. The summed E-state index contributed by atoms with van der Waals surface area (Å²) in [6.45, 7) is 6.00. The van der Waals surface area contributed by atoms with Gasteiger partial charge in [-0.05, 0) is 20.8 Å². The van der Waals surface area contributed by atoms with Crippen LogP contribution in [0.2, 0.25) is 0 Å². The molecule has 0 atom stereocenters. The minimum atomic E-state index is -0.741. The van der Waals surface area contributed by atoms with Crippen LogP contribution in [0, 0.1) is 0 Å². The number of carbonyl (C=O) groups excluding carboxylic acids is 2. The fourth-order valence-corrected chi connectivity index (χ4v) is 1.44. The van der Waals surface area contributed by atoms with Gasteiger partial charge in [0.25, 0.3) is 0 Å². The van der Waals surface area contributed by atoms with E-state index in [1.807, 2.05) is 19.1 Å². The summed E-state index contributed by atoms with van der Waals surface area (Å²) in [5, 5.41) is 2.57. The zero-order valence-electron chi connectivity index (χ0n) is 8.83. The van der Waals surface area contributed by atoms with Gasteiger partial charge < -0.3 is 10.2 Å². The van der Waals surface area contributed by atoms with Crippen LogP contribution in [0.3, 0.4) is 0 Å². The number of hydrogen-bond acceptors (Lipinski definition) is 2. The van der Waals surface area contributed by atoms with E-state index in [1.165, 1.54) is 0 Å². The van der Waals surface area contributed by atoms with E-state index >= 15 is 0 Å². The first-order valence-electron chi connectivity index (χ1n) is 4.70. The van der Waals surface area contributed by atoms with Crippen molar-refractivity contribution in [3.63, 3.8) is 0 Å². The molecule has 0 unspecified atom stereocenters. The van der Waals surface area contributed by atoms with E-state index in [9.17, 15) is 9.59 Å². The Morgan fingerprint density at radius 1 is 1.50 bits per heavy atom. The van der Waals surface area contributed by atoms with Gasteiger partial charge in [-0.2, -0.15) is 0 Å². The predicted molar refractivity (Wildman–Crippen MR) is 53.6 cm³/mol. The molecule has 0 radical (unpaired) electrons. The number of piperazine rings is 1. The lowest BCUT2D eigenvalue weighted by Gasteiger charge is -2.40. The van der Waals surface area contributed by atoms with Crippen molar-refractivity contribution in [3.8, 4) is 0 Å². The number of rotatable bonds is 2. The highest BCUT2D eigenvalue weighted by atomic mass is 16.2. The highest BCUT2D eigenvalue weighted by Crippen LogP contribution is 2.17. The molecule has 1 fully saturated rings. The minimum Gasteiger partial charge on any atom is -0.345 e. The van der Waals surface area contributed by atoms with Crippen LogP contribution in [-0.4, -0.2) is 35.3 Å². The van der Waals surface area contributed by atoms with Crippen molar-refractivity contribution in [1.82, 2.24) is 10.2 Å². The summed E-state index contributed by atoms with van der Waals surface area (Å²) < 4.78 is 0. The lowest BCUT2D eigenvalue weighted by molar-refractivity contribution is -0.150. The Morgan fingerprint density at radius 2 is 2.14 bits per heavy atom. The molecule has 0 aliphatic carbocycles. The minimum absolute atomic E-state index is 0.0345. The van der Waals surface area contributed by atoms with Gasteiger partial charge in [0.05, 0.1) is 6.54 Å². The molecule has 0 spiro atoms. The highest BCUT2D eigenvalue weighted by molar-refractivity contribution is 5.97. The summed E-state index contributed by atoms with van der Waals surface area (Å²) in [6, 6.07) is 0. The molecule has 0 saturated carbocycles. The molecule has 1 N–H and O–H groups in total. The Labute approximate surface area is 84.0 Å². The Balaban J connectivity index is 2.85. The van der Waals surface area contributed by atoms with Crippen molar-refractivity contribution in [3.05, 3.63) is 12.2 Å². The molecule has 1 aliphatic rings. The van der Waals surface area contributed by atoms with Crippen LogP contribution >= 0.6 is 0 Å². The van der Waals surface area contributed by atoms with Crippen molar-refractivity contribution < 1.29 is 9.59 Å². The maximum absolute atomic E-state index is 11.5. The highest BCUT2D eigenvalue weighted by Gasteiger charge is 2.40. The van der Waals surface area contributed by atoms with E-state index < -0.39 is 5.54 Å². The number of amides is 2. The third kappa shape index (κ3) is 1.78. The molecule has 14 heavy (non-hydrogen) atoms. The van der Waals surface area contributed by atoms with Gasteiger partial charge in [0.1, 0.15) is 5.54 Å². The monoisotopic (exact) mass is 196 g/mol. The van der Waals surface area contributed by atoms with Gasteiger partial charge in [0, 0.05) is 6.54 Å². The molecule has 0 bridgehead atoms. The summed E-state index contributed by atoms with van der Waals surface area (Å²) in [4.78, 5) is 24.6. The van der Waals surface area contributed by atoms with Crippen LogP contribution in [0.5, 0.6) is 0 Å². The first kappa shape index (κ1) is 10.8. The molecule has 2 amide bonds. The number of nitrogens with zero attached hydrogens (tertiary/aromatic N) is 1. The Hall–Kier alpha value is -1.32. The van der Waals surface area contributed by atoms with E-state index in [2.05, 4.69) is 5.32 Å². The van der Waals surface area contributed by atoms with Crippen LogP contribution in [0.4, 0.5) is 0 Å². The summed E-state index contributed by atoms with van der Waals surface area (Å²) >= 11 is 0. The van der Waals surface area contributed by atoms with Crippen molar-refractivity contribution in [2.24, 2.45) is 0 Å². The van der Waals surface area contributed by atoms with Crippen molar-refractivity contribution in [1.29, 1.82) is 0 Å². The zero-order chi connectivity index (χ0) is 10.8. The van der Waals surface area contributed by atoms with E-state index in [0.717, 1.165) is 0 Å². The smallest absolute Gasteiger partial charge is 0.245 e. The van der Waals surface area contributed by atoms with Gasteiger partial charge in [0.15, 0.2) is 0 Å². The molecule has 1 aliphatic heterocycles. The normalized spacial score (nSPS) is 21.5. The number of nitrogens with one attached hydrogen (secondary N) is 1. The van der Waals surface area contributed by atoms with Gasteiger partial charge in [-0.25, -0.2) is 0 Å². The van der Waals surface area contributed by atoms with Gasteiger partial charge in [-0.15, -0.1) is 0 Å². The maximum atomic E-state index is 11.5. The first-order valence-corrected chi connectivity index (χ1v) is 4.70. The van der Waals surface area contributed by atoms with E-state index in [-0.39, 0.29) is 18.4 Å². The summed E-state index contributed by atoms with van der Waals surface area (Å²) in [7, 11) is 0. The van der Waals surface area contributed by atoms with Crippen molar-refractivity contribution in [2.45, 2.75) is 26.3 Å². The molecular formula is C10H16N2O2. The SMILES string of the molecule is C/C=C/CN1C(=O)CNC(=O)C1(C)C. The number of carbonyl (C=O) groups is 2. The average molecular weight is 196 g/mol. The largest absolute Gasteiger partial charge is 0.345 e. The van der Waals surface area contributed by atoms with Crippen molar-refractivity contribution >= 4 is 11.8 Å².